The molecule has 1 aromatic carbocycles. The quantitative estimate of drug-likeness (QED) is 0.409. The zero-order chi connectivity index (χ0) is 23.8. The van der Waals surface area contributed by atoms with Crippen LogP contribution in [0.5, 0.6) is 11.5 Å². The molecule has 3 rings (SSSR count). The number of ketones is 1. The van der Waals surface area contributed by atoms with Crippen molar-refractivity contribution in [2.75, 3.05) is 32.6 Å². The second-order valence-corrected chi connectivity index (χ2v) is 7.48. The molecule has 2 aromatic rings. The van der Waals surface area contributed by atoms with E-state index in [1.54, 1.807) is 32.4 Å². The molecule has 172 valence electrons. The number of nitrogens with one attached hydrogen (secondary N) is 2. The molecular formula is C24H27N5O4. The zero-order valence-corrected chi connectivity index (χ0v) is 18.7. The molecule has 0 radical (unpaired) electrons. The number of amides is 1. The van der Waals surface area contributed by atoms with Gasteiger partial charge < -0.3 is 25.8 Å². The summed E-state index contributed by atoms with van der Waals surface area (Å²) in [6, 6.07) is 4.68. The second kappa shape index (κ2) is 11.1. The van der Waals surface area contributed by atoms with Gasteiger partial charge in [0.2, 0.25) is 0 Å². The highest BCUT2D eigenvalue weighted by Crippen LogP contribution is 2.23. The van der Waals surface area contributed by atoms with Gasteiger partial charge in [-0.15, -0.1) is 0 Å². The van der Waals surface area contributed by atoms with E-state index in [4.69, 9.17) is 15.2 Å². The molecule has 0 bridgehead atoms. The summed E-state index contributed by atoms with van der Waals surface area (Å²) in [5.74, 6) is 6.51. The van der Waals surface area contributed by atoms with Crippen LogP contribution in [0.25, 0.3) is 0 Å². The van der Waals surface area contributed by atoms with Crippen molar-refractivity contribution in [1.82, 2.24) is 15.3 Å². The summed E-state index contributed by atoms with van der Waals surface area (Å²) >= 11 is 0. The van der Waals surface area contributed by atoms with Crippen LogP contribution in [-0.4, -0.2) is 55.0 Å². The summed E-state index contributed by atoms with van der Waals surface area (Å²) in [5.41, 5.74) is 6.10. The molecule has 0 saturated carbocycles. The summed E-state index contributed by atoms with van der Waals surface area (Å²) in [7, 11) is 3.09. The van der Waals surface area contributed by atoms with E-state index in [0.29, 0.717) is 22.9 Å². The van der Waals surface area contributed by atoms with E-state index >= 15 is 0 Å². The number of nitrogens with two attached hydrogens (primary N) is 1. The van der Waals surface area contributed by atoms with Crippen LogP contribution in [0, 0.1) is 17.8 Å². The highest BCUT2D eigenvalue weighted by Gasteiger charge is 2.28. The molecule has 1 saturated heterocycles. The number of ether oxygens (including phenoxy) is 2. The minimum atomic E-state index is -0.751. The molecule has 1 amide bonds. The molecule has 1 atom stereocenters. The van der Waals surface area contributed by atoms with Gasteiger partial charge in [-0.2, -0.15) is 0 Å². The topological polar surface area (TPSA) is 128 Å². The Morgan fingerprint density at radius 1 is 1.21 bits per heavy atom. The first kappa shape index (κ1) is 23.8. The fourth-order valence-corrected chi connectivity index (χ4v) is 3.62. The molecule has 1 fully saturated rings. The number of primary amides is 1. The van der Waals surface area contributed by atoms with Gasteiger partial charge >= 0.3 is 0 Å². The largest absolute Gasteiger partial charge is 0.497 e. The standard InChI is InChI=1S/C24H27N5O4/c1-4-20(30)22(16-7-9-26-10-8-16)29-21-14-27-23(24(25)31)19(28-21)6-5-15-11-17(32-2)13-18(12-15)33-3/h4,11-14,16,22,26H,1,7-10H2,2-3H3,(H2,25,31)(H,28,29). The van der Waals surface area contributed by atoms with Crippen molar-refractivity contribution in [2.24, 2.45) is 11.7 Å². The maximum absolute atomic E-state index is 12.5. The molecule has 2 heterocycles. The van der Waals surface area contributed by atoms with Gasteiger partial charge in [0.15, 0.2) is 11.5 Å². The summed E-state index contributed by atoms with van der Waals surface area (Å²) in [6.07, 6.45) is 4.37. The maximum atomic E-state index is 12.5. The van der Waals surface area contributed by atoms with Gasteiger partial charge in [-0.25, -0.2) is 9.97 Å². The highest BCUT2D eigenvalue weighted by molar-refractivity contribution is 5.96. The van der Waals surface area contributed by atoms with Crippen molar-refractivity contribution in [3.05, 3.63) is 54.0 Å². The first-order valence-electron chi connectivity index (χ1n) is 10.5. The monoisotopic (exact) mass is 449 g/mol. The van der Waals surface area contributed by atoms with E-state index in [9.17, 15) is 9.59 Å². The molecule has 9 nitrogen and oxygen atoms in total. The Hall–Kier alpha value is -3.90. The van der Waals surface area contributed by atoms with Crippen molar-refractivity contribution >= 4 is 17.5 Å². The van der Waals surface area contributed by atoms with E-state index in [-0.39, 0.29) is 23.1 Å². The van der Waals surface area contributed by atoms with Gasteiger partial charge in [0.25, 0.3) is 5.91 Å². The Morgan fingerprint density at radius 3 is 2.45 bits per heavy atom. The Morgan fingerprint density at radius 2 is 1.88 bits per heavy atom. The van der Waals surface area contributed by atoms with Gasteiger partial charge in [-0.05, 0) is 56.0 Å². The van der Waals surface area contributed by atoms with Crippen molar-refractivity contribution in [3.8, 4) is 23.3 Å². The average molecular weight is 450 g/mol. The number of hydrogen-bond acceptors (Lipinski definition) is 8. The normalized spacial score (nSPS) is 14.4. The van der Waals surface area contributed by atoms with Crippen LogP contribution in [0.15, 0.2) is 37.1 Å². The summed E-state index contributed by atoms with van der Waals surface area (Å²) in [6.45, 7) is 5.29. The Kier molecular flexibility index (Phi) is 8.00. The van der Waals surface area contributed by atoms with E-state index in [1.807, 2.05) is 0 Å². The molecule has 1 unspecified atom stereocenters. The van der Waals surface area contributed by atoms with Crippen molar-refractivity contribution < 1.29 is 19.1 Å². The van der Waals surface area contributed by atoms with Gasteiger partial charge in [-0.1, -0.05) is 12.5 Å². The number of aromatic nitrogens is 2. The Labute approximate surface area is 192 Å². The third-order valence-electron chi connectivity index (χ3n) is 5.35. The molecule has 4 N–H and O–H groups in total. The number of benzene rings is 1. The lowest BCUT2D eigenvalue weighted by Gasteiger charge is -2.30. The van der Waals surface area contributed by atoms with Crippen LogP contribution in [0.1, 0.15) is 34.6 Å². The van der Waals surface area contributed by atoms with E-state index < -0.39 is 11.9 Å². The number of nitrogens with zero attached hydrogens (tertiary/aromatic N) is 2. The van der Waals surface area contributed by atoms with E-state index in [1.165, 1.54) is 12.3 Å². The lowest BCUT2D eigenvalue weighted by Crippen LogP contribution is -2.42. The highest BCUT2D eigenvalue weighted by atomic mass is 16.5. The van der Waals surface area contributed by atoms with Crippen LogP contribution in [-0.2, 0) is 4.79 Å². The first-order chi connectivity index (χ1) is 15.9. The molecule has 0 aliphatic carbocycles. The van der Waals surface area contributed by atoms with Gasteiger partial charge in [0.1, 0.15) is 23.0 Å². The van der Waals surface area contributed by atoms with Crippen LogP contribution in [0.3, 0.4) is 0 Å². The number of piperidine rings is 1. The number of anilines is 1. The van der Waals surface area contributed by atoms with Crippen LogP contribution in [0.4, 0.5) is 5.82 Å². The smallest absolute Gasteiger partial charge is 0.270 e. The summed E-state index contributed by atoms with van der Waals surface area (Å²) < 4.78 is 10.5. The Balaban J connectivity index is 1.95. The van der Waals surface area contributed by atoms with Gasteiger partial charge in [-0.3, -0.25) is 9.59 Å². The average Bonchev–Trinajstić information content (AvgIpc) is 2.85. The lowest BCUT2D eigenvalue weighted by atomic mass is 9.87. The Bertz CT molecular complexity index is 1080. The fourth-order valence-electron chi connectivity index (χ4n) is 3.62. The van der Waals surface area contributed by atoms with Gasteiger partial charge in [0, 0.05) is 11.6 Å². The predicted octanol–water partition coefficient (Wildman–Crippen LogP) is 1.53. The van der Waals surface area contributed by atoms with Gasteiger partial charge in [0.05, 0.1) is 26.5 Å². The van der Waals surface area contributed by atoms with Crippen LogP contribution < -0.4 is 25.8 Å². The molecule has 33 heavy (non-hydrogen) atoms. The summed E-state index contributed by atoms with van der Waals surface area (Å²) in [4.78, 5) is 33.0. The number of carbonyl (C=O) groups excluding carboxylic acids is 2. The number of hydrogen-bond donors (Lipinski definition) is 3. The number of carbonyl (C=O) groups is 2. The first-order valence-corrected chi connectivity index (χ1v) is 10.5. The maximum Gasteiger partial charge on any atom is 0.270 e. The predicted molar refractivity (Wildman–Crippen MR) is 124 cm³/mol. The third-order valence-corrected chi connectivity index (χ3v) is 5.35. The molecule has 1 aromatic heterocycles. The van der Waals surface area contributed by atoms with Crippen molar-refractivity contribution in [1.29, 1.82) is 0 Å². The minimum absolute atomic E-state index is 0.0589. The van der Waals surface area contributed by atoms with Crippen molar-refractivity contribution in [3.63, 3.8) is 0 Å². The molecule has 1 aliphatic rings. The fraction of sp³-hybridized carbons (Fsp3) is 0.333. The summed E-state index contributed by atoms with van der Waals surface area (Å²) in [5, 5.41) is 6.45. The lowest BCUT2D eigenvalue weighted by molar-refractivity contribution is -0.116. The number of methoxy groups -OCH3 is 2. The minimum Gasteiger partial charge on any atom is -0.497 e. The molecule has 1 aliphatic heterocycles. The third kappa shape index (κ3) is 6.08. The number of rotatable bonds is 8. The molecule has 0 spiro atoms. The SMILES string of the molecule is C=CC(=O)C(Nc1cnc(C(N)=O)c(C#Cc2cc(OC)cc(OC)c2)n1)C1CCNCC1. The second-order valence-electron chi connectivity index (χ2n) is 7.48. The zero-order valence-electron chi connectivity index (χ0n) is 18.7. The van der Waals surface area contributed by atoms with E-state index in [0.717, 1.165) is 25.9 Å². The molecular weight excluding hydrogens is 422 g/mol. The van der Waals surface area contributed by atoms with Crippen LogP contribution in [0.2, 0.25) is 0 Å². The van der Waals surface area contributed by atoms with Crippen molar-refractivity contribution in [2.45, 2.75) is 18.9 Å². The van der Waals surface area contributed by atoms with Crippen LogP contribution >= 0.6 is 0 Å². The van der Waals surface area contributed by atoms with E-state index in [2.05, 4.69) is 39.0 Å². The molecule has 9 heteroatoms.